The van der Waals surface area contributed by atoms with E-state index in [1.54, 1.807) is 10.3 Å². The first-order valence-corrected chi connectivity index (χ1v) is 9.78. The van der Waals surface area contributed by atoms with Crippen LogP contribution in [0, 0.1) is 5.92 Å². The molecule has 1 aliphatic rings. The highest BCUT2D eigenvalue weighted by atomic mass is 32.1. The molecule has 2 aromatic carbocycles. The van der Waals surface area contributed by atoms with E-state index in [1.807, 2.05) is 24.3 Å². The number of nitrogens with zero attached hydrogens (tertiary/aromatic N) is 2. The average molecular weight is 380 g/mol. The molecule has 27 heavy (non-hydrogen) atoms. The van der Waals surface area contributed by atoms with E-state index >= 15 is 0 Å². The maximum absolute atomic E-state index is 12.7. The van der Waals surface area contributed by atoms with E-state index in [0.29, 0.717) is 36.8 Å². The SMILES string of the molecule is NC(=O)C1CCN(C(=O)c2csc(Nc3cccc4ccccc34)n2)CC1. The molecule has 0 unspecified atom stereocenters. The van der Waals surface area contributed by atoms with Gasteiger partial charge in [0, 0.05) is 35.5 Å². The molecule has 3 N–H and O–H groups in total. The number of nitrogens with two attached hydrogens (primary N) is 1. The Labute approximate surface area is 161 Å². The molecule has 0 aliphatic carbocycles. The second kappa shape index (κ2) is 7.36. The number of carbonyl (C=O) groups excluding carboxylic acids is 2. The Kier molecular flexibility index (Phi) is 4.77. The highest BCUT2D eigenvalue weighted by molar-refractivity contribution is 7.14. The summed E-state index contributed by atoms with van der Waals surface area (Å²) in [5, 5.41) is 8.03. The smallest absolute Gasteiger partial charge is 0.273 e. The Morgan fingerprint density at radius 1 is 1.11 bits per heavy atom. The Balaban J connectivity index is 1.47. The van der Waals surface area contributed by atoms with Gasteiger partial charge in [0.05, 0.1) is 0 Å². The summed E-state index contributed by atoms with van der Waals surface area (Å²) < 4.78 is 0. The highest BCUT2D eigenvalue weighted by Crippen LogP contribution is 2.28. The number of hydrogen-bond donors (Lipinski definition) is 2. The summed E-state index contributed by atoms with van der Waals surface area (Å²) >= 11 is 1.41. The fraction of sp³-hybridized carbons (Fsp3) is 0.250. The molecule has 0 atom stereocenters. The van der Waals surface area contributed by atoms with E-state index in [2.05, 4.69) is 28.5 Å². The van der Waals surface area contributed by atoms with Gasteiger partial charge < -0.3 is 16.0 Å². The Hall–Kier alpha value is -2.93. The van der Waals surface area contributed by atoms with Crippen LogP contribution in [0.5, 0.6) is 0 Å². The van der Waals surface area contributed by atoms with E-state index in [0.717, 1.165) is 16.5 Å². The lowest BCUT2D eigenvalue weighted by Crippen LogP contribution is -2.41. The number of hydrogen-bond acceptors (Lipinski definition) is 5. The van der Waals surface area contributed by atoms with Gasteiger partial charge in [-0.25, -0.2) is 4.98 Å². The number of benzene rings is 2. The molecule has 7 heteroatoms. The van der Waals surface area contributed by atoms with Crippen molar-refractivity contribution < 1.29 is 9.59 Å². The van der Waals surface area contributed by atoms with Gasteiger partial charge in [0.1, 0.15) is 5.69 Å². The third kappa shape index (κ3) is 3.64. The molecule has 1 aliphatic heterocycles. The Morgan fingerprint density at radius 2 is 1.85 bits per heavy atom. The van der Waals surface area contributed by atoms with Gasteiger partial charge in [-0.2, -0.15) is 0 Å². The molecule has 0 bridgehead atoms. The lowest BCUT2D eigenvalue weighted by molar-refractivity contribution is -0.123. The standard InChI is InChI=1S/C20H20N4O2S/c21-18(25)14-8-10-24(11-9-14)19(26)17-12-27-20(23-17)22-16-7-3-5-13-4-1-2-6-15(13)16/h1-7,12,14H,8-11H2,(H2,21,25)(H,22,23). The fourth-order valence-corrected chi connectivity index (χ4v) is 4.10. The lowest BCUT2D eigenvalue weighted by atomic mass is 9.96. The van der Waals surface area contributed by atoms with Crippen LogP contribution in [0.15, 0.2) is 47.8 Å². The van der Waals surface area contributed by atoms with Crippen molar-refractivity contribution in [2.75, 3.05) is 18.4 Å². The van der Waals surface area contributed by atoms with Gasteiger partial charge in [0.25, 0.3) is 5.91 Å². The molecule has 2 heterocycles. The summed E-state index contributed by atoms with van der Waals surface area (Å²) in [6.07, 6.45) is 1.23. The summed E-state index contributed by atoms with van der Waals surface area (Å²) in [6, 6.07) is 14.2. The number of likely N-dealkylation sites (tertiary alicyclic amines) is 1. The van der Waals surface area contributed by atoms with Crippen molar-refractivity contribution in [3.63, 3.8) is 0 Å². The van der Waals surface area contributed by atoms with Gasteiger partial charge in [0.2, 0.25) is 5.91 Å². The van der Waals surface area contributed by atoms with Gasteiger partial charge in [-0.15, -0.1) is 11.3 Å². The molecule has 138 valence electrons. The topological polar surface area (TPSA) is 88.3 Å². The molecule has 0 radical (unpaired) electrons. The van der Waals surface area contributed by atoms with Crippen molar-refractivity contribution in [3.8, 4) is 0 Å². The van der Waals surface area contributed by atoms with E-state index < -0.39 is 0 Å². The normalized spacial score (nSPS) is 15.0. The molecule has 0 saturated carbocycles. The first kappa shape index (κ1) is 17.5. The molecule has 2 amide bonds. The monoisotopic (exact) mass is 380 g/mol. The van der Waals surface area contributed by atoms with Crippen molar-refractivity contribution in [1.82, 2.24) is 9.88 Å². The third-order valence-electron chi connectivity index (χ3n) is 4.94. The predicted molar refractivity (Wildman–Crippen MR) is 107 cm³/mol. The van der Waals surface area contributed by atoms with Crippen molar-refractivity contribution in [1.29, 1.82) is 0 Å². The molecule has 4 rings (SSSR count). The van der Waals surface area contributed by atoms with E-state index in [4.69, 9.17) is 5.73 Å². The molecule has 1 saturated heterocycles. The minimum Gasteiger partial charge on any atom is -0.369 e. The van der Waals surface area contributed by atoms with Crippen LogP contribution in [-0.2, 0) is 4.79 Å². The quantitative estimate of drug-likeness (QED) is 0.726. The van der Waals surface area contributed by atoms with Gasteiger partial charge in [-0.3, -0.25) is 9.59 Å². The summed E-state index contributed by atoms with van der Waals surface area (Å²) in [7, 11) is 0. The number of thiazole rings is 1. The molecule has 0 spiro atoms. The highest BCUT2D eigenvalue weighted by Gasteiger charge is 2.27. The Bertz CT molecular complexity index is 987. The van der Waals surface area contributed by atoms with Crippen LogP contribution in [0.1, 0.15) is 23.3 Å². The number of carbonyl (C=O) groups is 2. The molecule has 1 fully saturated rings. The minimum absolute atomic E-state index is 0.0971. The molecule has 3 aromatic rings. The molecule has 1 aromatic heterocycles. The zero-order valence-electron chi connectivity index (χ0n) is 14.7. The van der Waals surface area contributed by atoms with Crippen LogP contribution >= 0.6 is 11.3 Å². The third-order valence-corrected chi connectivity index (χ3v) is 5.70. The van der Waals surface area contributed by atoms with Gasteiger partial charge in [-0.1, -0.05) is 36.4 Å². The van der Waals surface area contributed by atoms with Crippen molar-refractivity contribution in [2.45, 2.75) is 12.8 Å². The van der Waals surface area contributed by atoms with Crippen molar-refractivity contribution >= 4 is 44.7 Å². The number of piperidine rings is 1. The summed E-state index contributed by atoms with van der Waals surface area (Å²) in [5.41, 5.74) is 6.75. The zero-order chi connectivity index (χ0) is 18.8. The molecular weight excluding hydrogens is 360 g/mol. The average Bonchev–Trinajstić information content (AvgIpc) is 3.16. The number of aromatic nitrogens is 1. The minimum atomic E-state index is -0.280. The second-order valence-corrected chi connectivity index (χ2v) is 7.52. The van der Waals surface area contributed by atoms with E-state index in [-0.39, 0.29) is 17.7 Å². The maximum atomic E-state index is 12.7. The summed E-state index contributed by atoms with van der Waals surface area (Å²) in [5.74, 6) is -0.509. The Morgan fingerprint density at radius 3 is 2.63 bits per heavy atom. The zero-order valence-corrected chi connectivity index (χ0v) is 15.5. The number of amides is 2. The van der Waals surface area contributed by atoms with Crippen LogP contribution < -0.4 is 11.1 Å². The van der Waals surface area contributed by atoms with Gasteiger partial charge >= 0.3 is 0 Å². The van der Waals surface area contributed by atoms with Crippen LogP contribution in [0.3, 0.4) is 0 Å². The number of fused-ring (bicyclic) bond motifs is 1. The van der Waals surface area contributed by atoms with E-state index in [1.165, 1.54) is 11.3 Å². The van der Waals surface area contributed by atoms with Crippen LogP contribution in [0.4, 0.5) is 10.8 Å². The fourth-order valence-electron chi connectivity index (χ4n) is 3.41. The second-order valence-electron chi connectivity index (χ2n) is 6.66. The number of rotatable bonds is 4. The van der Waals surface area contributed by atoms with E-state index in [9.17, 15) is 9.59 Å². The van der Waals surface area contributed by atoms with Crippen LogP contribution in [-0.4, -0.2) is 34.8 Å². The first-order valence-electron chi connectivity index (χ1n) is 8.91. The molecular formula is C20H20N4O2S. The first-order chi connectivity index (χ1) is 13.1. The lowest BCUT2D eigenvalue weighted by Gasteiger charge is -2.30. The van der Waals surface area contributed by atoms with Crippen molar-refractivity contribution in [2.24, 2.45) is 11.7 Å². The number of primary amides is 1. The largest absolute Gasteiger partial charge is 0.369 e. The van der Waals surface area contributed by atoms with Crippen molar-refractivity contribution in [3.05, 3.63) is 53.5 Å². The summed E-state index contributed by atoms with van der Waals surface area (Å²) in [4.78, 5) is 30.2. The van der Waals surface area contributed by atoms with Gasteiger partial charge in [0.15, 0.2) is 5.13 Å². The predicted octanol–water partition coefficient (Wildman–Crippen LogP) is 3.38. The molecule has 6 nitrogen and oxygen atoms in total. The van der Waals surface area contributed by atoms with Crippen LogP contribution in [0.2, 0.25) is 0 Å². The maximum Gasteiger partial charge on any atom is 0.273 e. The number of anilines is 2. The summed E-state index contributed by atoms with van der Waals surface area (Å²) in [6.45, 7) is 1.08. The van der Waals surface area contributed by atoms with Gasteiger partial charge in [-0.05, 0) is 24.3 Å². The van der Waals surface area contributed by atoms with Crippen LogP contribution in [0.25, 0.3) is 10.8 Å². The number of nitrogens with one attached hydrogen (secondary N) is 1.